The van der Waals surface area contributed by atoms with Gasteiger partial charge in [-0.05, 0) is 18.2 Å². The van der Waals surface area contributed by atoms with E-state index in [1.54, 1.807) is 17.1 Å². The number of carboxylic acids is 1. The Morgan fingerprint density at radius 3 is 2.57 bits per heavy atom. The molecule has 0 saturated heterocycles. The quantitative estimate of drug-likeness (QED) is 0.492. The molecule has 0 heterocycles. The lowest BCUT2D eigenvalue weighted by Crippen LogP contribution is -2.19. The van der Waals surface area contributed by atoms with Crippen molar-refractivity contribution in [2.75, 3.05) is 25.3 Å². The van der Waals surface area contributed by atoms with Crippen LogP contribution in [0, 0.1) is 0 Å². The Morgan fingerprint density at radius 2 is 2.14 bits per heavy atom. The SMILES string of the molecule is CN(C)Nc1ccc(C(=O)O)c(N)c1. The average molecular weight is 195 g/mol. The highest BCUT2D eigenvalue weighted by Gasteiger charge is 2.07. The summed E-state index contributed by atoms with van der Waals surface area (Å²) >= 11 is 0. The molecule has 0 amide bonds. The maximum Gasteiger partial charge on any atom is 0.337 e. The van der Waals surface area contributed by atoms with Gasteiger partial charge >= 0.3 is 5.97 Å². The summed E-state index contributed by atoms with van der Waals surface area (Å²) in [5.41, 5.74) is 9.67. The molecule has 0 unspecified atom stereocenters. The first-order chi connectivity index (χ1) is 6.50. The van der Waals surface area contributed by atoms with Crippen LogP contribution in [-0.2, 0) is 0 Å². The zero-order valence-corrected chi connectivity index (χ0v) is 8.11. The first-order valence-electron chi connectivity index (χ1n) is 4.07. The van der Waals surface area contributed by atoms with Crippen molar-refractivity contribution in [3.63, 3.8) is 0 Å². The van der Waals surface area contributed by atoms with E-state index in [1.165, 1.54) is 6.07 Å². The van der Waals surface area contributed by atoms with Crippen LogP contribution in [0.5, 0.6) is 0 Å². The molecule has 0 aliphatic rings. The molecular weight excluding hydrogens is 182 g/mol. The third kappa shape index (κ3) is 2.37. The Bertz CT molecular complexity index is 350. The largest absolute Gasteiger partial charge is 0.478 e. The van der Waals surface area contributed by atoms with Crippen molar-refractivity contribution in [1.82, 2.24) is 5.01 Å². The highest BCUT2D eigenvalue weighted by Crippen LogP contribution is 2.17. The van der Waals surface area contributed by atoms with E-state index in [0.717, 1.165) is 5.69 Å². The van der Waals surface area contributed by atoms with Crippen LogP contribution in [0.15, 0.2) is 18.2 Å². The number of benzene rings is 1. The second kappa shape index (κ2) is 3.97. The fourth-order valence-electron chi connectivity index (χ4n) is 1.09. The summed E-state index contributed by atoms with van der Waals surface area (Å²) in [7, 11) is 3.67. The van der Waals surface area contributed by atoms with E-state index in [-0.39, 0.29) is 11.3 Å². The molecule has 0 spiro atoms. The average Bonchev–Trinajstić information content (AvgIpc) is 2.01. The third-order valence-corrected chi connectivity index (χ3v) is 1.63. The molecule has 0 bridgehead atoms. The smallest absolute Gasteiger partial charge is 0.337 e. The highest BCUT2D eigenvalue weighted by atomic mass is 16.4. The Labute approximate surface area is 82.1 Å². The molecule has 1 aromatic carbocycles. The number of aromatic carboxylic acids is 1. The van der Waals surface area contributed by atoms with Gasteiger partial charge < -0.3 is 16.3 Å². The molecule has 0 fully saturated rings. The Hall–Kier alpha value is -1.75. The lowest BCUT2D eigenvalue weighted by atomic mass is 10.1. The lowest BCUT2D eigenvalue weighted by molar-refractivity contribution is 0.0698. The van der Waals surface area contributed by atoms with Gasteiger partial charge in [0.25, 0.3) is 0 Å². The molecule has 76 valence electrons. The van der Waals surface area contributed by atoms with E-state index in [0.29, 0.717) is 0 Å². The number of carbonyl (C=O) groups is 1. The van der Waals surface area contributed by atoms with Gasteiger partial charge in [-0.2, -0.15) is 0 Å². The van der Waals surface area contributed by atoms with Crippen molar-refractivity contribution >= 4 is 17.3 Å². The minimum Gasteiger partial charge on any atom is -0.478 e. The van der Waals surface area contributed by atoms with Gasteiger partial charge in [0.2, 0.25) is 0 Å². The van der Waals surface area contributed by atoms with Gasteiger partial charge in [-0.25, -0.2) is 9.80 Å². The predicted molar refractivity (Wildman–Crippen MR) is 55.1 cm³/mol. The molecule has 5 heteroatoms. The van der Waals surface area contributed by atoms with E-state index in [4.69, 9.17) is 10.8 Å². The summed E-state index contributed by atoms with van der Waals surface area (Å²) in [6, 6.07) is 4.73. The van der Waals surface area contributed by atoms with E-state index in [9.17, 15) is 4.79 Å². The molecule has 0 aliphatic heterocycles. The van der Waals surface area contributed by atoms with Gasteiger partial charge in [-0.3, -0.25) is 0 Å². The fourth-order valence-corrected chi connectivity index (χ4v) is 1.09. The Kier molecular flexibility index (Phi) is 2.93. The summed E-state index contributed by atoms with van der Waals surface area (Å²) in [4.78, 5) is 10.6. The number of nitrogens with zero attached hydrogens (tertiary/aromatic N) is 1. The second-order valence-corrected chi connectivity index (χ2v) is 3.11. The number of hydrogen-bond donors (Lipinski definition) is 3. The van der Waals surface area contributed by atoms with Crippen LogP contribution in [0.1, 0.15) is 10.4 Å². The van der Waals surface area contributed by atoms with E-state index in [1.807, 2.05) is 14.1 Å². The number of hydrogen-bond acceptors (Lipinski definition) is 4. The number of nitrogen functional groups attached to an aromatic ring is 1. The summed E-state index contributed by atoms with van der Waals surface area (Å²) in [6.07, 6.45) is 0. The van der Waals surface area contributed by atoms with Gasteiger partial charge in [-0.1, -0.05) is 0 Å². The van der Waals surface area contributed by atoms with Crippen LogP contribution in [-0.4, -0.2) is 30.2 Å². The van der Waals surface area contributed by atoms with Gasteiger partial charge in [0.15, 0.2) is 0 Å². The predicted octanol–water partition coefficient (Wildman–Crippen LogP) is 0.855. The minimum atomic E-state index is -1.01. The molecule has 5 nitrogen and oxygen atoms in total. The van der Waals surface area contributed by atoms with Crippen LogP contribution < -0.4 is 11.2 Å². The summed E-state index contributed by atoms with van der Waals surface area (Å²) in [5, 5.41) is 10.5. The van der Waals surface area contributed by atoms with Gasteiger partial charge in [0.05, 0.1) is 11.3 Å². The third-order valence-electron chi connectivity index (χ3n) is 1.63. The lowest BCUT2D eigenvalue weighted by Gasteiger charge is -2.14. The zero-order valence-electron chi connectivity index (χ0n) is 8.11. The molecule has 0 radical (unpaired) electrons. The van der Waals surface area contributed by atoms with Crippen LogP contribution in [0.4, 0.5) is 11.4 Å². The van der Waals surface area contributed by atoms with Crippen molar-refractivity contribution in [2.24, 2.45) is 0 Å². The number of hydrazine groups is 1. The molecule has 1 aromatic rings. The van der Waals surface area contributed by atoms with Gasteiger partial charge in [0, 0.05) is 19.8 Å². The minimum absolute atomic E-state index is 0.120. The second-order valence-electron chi connectivity index (χ2n) is 3.11. The van der Waals surface area contributed by atoms with Crippen LogP contribution >= 0.6 is 0 Å². The maximum atomic E-state index is 10.6. The summed E-state index contributed by atoms with van der Waals surface area (Å²) < 4.78 is 0. The fraction of sp³-hybridized carbons (Fsp3) is 0.222. The van der Waals surface area contributed by atoms with Crippen molar-refractivity contribution in [1.29, 1.82) is 0 Å². The molecule has 14 heavy (non-hydrogen) atoms. The number of nitrogens with two attached hydrogens (primary N) is 1. The number of anilines is 2. The number of rotatable bonds is 3. The van der Waals surface area contributed by atoms with E-state index in [2.05, 4.69) is 5.43 Å². The molecule has 0 aromatic heterocycles. The highest BCUT2D eigenvalue weighted by molar-refractivity contribution is 5.94. The monoisotopic (exact) mass is 195 g/mol. The van der Waals surface area contributed by atoms with Crippen LogP contribution in [0.3, 0.4) is 0 Å². The molecule has 1 rings (SSSR count). The van der Waals surface area contributed by atoms with Crippen LogP contribution in [0.25, 0.3) is 0 Å². The Balaban J connectivity index is 2.94. The van der Waals surface area contributed by atoms with E-state index >= 15 is 0 Å². The molecule has 0 atom stereocenters. The summed E-state index contributed by atoms with van der Waals surface area (Å²) in [5.74, 6) is -1.01. The Morgan fingerprint density at radius 1 is 1.50 bits per heavy atom. The van der Waals surface area contributed by atoms with Crippen molar-refractivity contribution in [2.45, 2.75) is 0 Å². The first-order valence-corrected chi connectivity index (χ1v) is 4.07. The van der Waals surface area contributed by atoms with Crippen molar-refractivity contribution < 1.29 is 9.90 Å². The first kappa shape index (κ1) is 10.3. The number of carboxylic acid groups (broad SMARTS) is 1. The molecule has 0 aliphatic carbocycles. The standard InChI is InChI=1S/C9H13N3O2/c1-12(2)11-6-3-4-7(9(13)14)8(10)5-6/h3-5,11H,10H2,1-2H3,(H,13,14). The van der Waals surface area contributed by atoms with Gasteiger partial charge in [-0.15, -0.1) is 0 Å². The molecule has 0 saturated carbocycles. The van der Waals surface area contributed by atoms with E-state index < -0.39 is 5.97 Å². The van der Waals surface area contributed by atoms with Gasteiger partial charge in [0.1, 0.15) is 0 Å². The zero-order chi connectivity index (χ0) is 10.7. The number of nitrogens with one attached hydrogen (secondary N) is 1. The normalized spacial score (nSPS) is 10.2. The molecular formula is C9H13N3O2. The van der Waals surface area contributed by atoms with Crippen molar-refractivity contribution in [3.05, 3.63) is 23.8 Å². The summed E-state index contributed by atoms with van der Waals surface area (Å²) in [6.45, 7) is 0. The van der Waals surface area contributed by atoms with Crippen molar-refractivity contribution in [3.8, 4) is 0 Å². The molecule has 4 N–H and O–H groups in total. The van der Waals surface area contributed by atoms with Crippen LogP contribution in [0.2, 0.25) is 0 Å². The maximum absolute atomic E-state index is 10.6. The topological polar surface area (TPSA) is 78.6 Å².